The lowest BCUT2D eigenvalue weighted by atomic mass is 10.0. The predicted molar refractivity (Wildman–Crippen MR) is 129 cm³/mol. The van der Waals surface area contributed by atoms with Gasteiger partial charge < -0.3 is 15.6 Å². The molecule has 0 amide bonds. The molecule has 1 atom stereocenters. The van der Waals surface area contributed by atoms with Crippen molar-refractivity contribution in [2.45, 2.75) is 136 Å². The van der Waals surface area contributed by atoms with Crippen molar-refractivity contribution in [1.29, 1.82) is 0 Å². The van der Waals surface area contributed by atoms with Crippen LogP contribution >= 0.6 is 0 Å². The van der Waals surface area contributed by atoms with Crippen molar-refractivity contribution in [2.75, 3.05) is 11.9 Å². The number of hydrogen-bond acceptors (Lipinski definition) is 3. The normalized spacial score (nSPS) is 12.4. The van der Waals surface area contributed by atoms with E-state index in [0.717, 1.165) is 24.7 Å². The Hall–Kier alpha value is -1.03. The average molecular weight is 407 g/mol. The van der Waals surface area contributed by atoms with Crippen LogP contribution in [0.5, 0.6) is 0 Å². The molecule has 1 rings (SSSR count). The van der Waals surface area contributed by atoms with Crippen LogP contribution in [0.4, 0.5) is 5.95 Å². The van der Waals surface area contributed by atoms with Gasteiger partial charge in [-0.3, -0.25) is 0 Å². The molecule has 0 saturated heterocycles. The maximum Gasteiger partial charge on any atom is 0.203 e. The number of hydrogen-bond donors (Lipinski definition) is 2. The monoisotopic (exact) mass is 406 g/mol. The molecule has 0 aliphatic rings. The molecule has 1 unspecified atom stereocenters. The minimum atomic E-state index is 0.0357. The lowest BCUT2D eigenvalue weighted by Gasteiger charge is -2.12. The van der Waals surface area contributed by atoms with Crippen molar-refractivity contribution in [3.05, 3.63) is 11.9 Å². The van der Waals surface area contributed by atoms with Gasteiger partial charge in [-0.25, -0.2) is 4.98 Å². The van der Waals surface area contributed by atoms with E-state index in [-0.39, 0.29) is 6.04 Å². The van der Waals surface area contributed by atoms with E-state index in [4.69, 9.17) is 5.73 Å². The van der Waals surface area contributed by atoms with Crippen LogP contribution in [-0.2, 0) is 6.54 Å². The second-order valence-corrected chi connectivity index (χ2v) is 8.77. The molecule has 4 heteroatoms. The Morgan fingerprint density at radius 2 is 1.24 bits per heavy atom. The summed E-state index contributed by atoms with van der Waals surface area (Å²) in [6.45, 7) is 8.38. The van der Waals surface area contributed by atoms with Gasteiger partial charge in [-0.15, -0.1) is 0 Å². The van der Waals surface area contributed by atoms with Crippen LogP contribution < -0.4 is 11.1 Å². The van der Waals surface area contributed by atoms with Crippen LogP contribution in [0.1, 0.15) is 135 Å². The van der Waals surface area contributed by atoms with E-state index in [1.165, 1.54) is 103 Å². The van der Waals surface area contributed by atoms with Gasteiger partial charge in [0.2, 0.25) is 5.95 Å². The van der Waals surface area contributed by atoms with Gasteiger partial charge in [0.05, 0.1) is 11.9 Å². The van der Waals surface area contributed by atoms with Crippen molar-refractivity contribution in [2.24, 2.45) is 5.73 Å². The molecule has 1 aromatic rings. The van der Waals surface area contributed by atoms with Crippen molar-refractivity contribution >= 4 is 5.95 Å². The molecule has 1 heterocycles. The van der Waals surface area contributed by atoms with Crippen molar-refractivity contribution in [1.82, 2.24) is 9.55 Å². The maximum absolute atomic E-state index is 6.01. The zero-order valence-electron chi connectivity index (χ0n) is 19.9. The highest BCUT2D eigenvalue weighted by Crippen LogP contribution is 2.17. The number of anilines is 1. The van der Waals surface area contributed by atoms with Crippen LogP contribution in [0.2, 0.25) is 0 Å². The molecule has 0 saturated carbocycles. The minimum Gasteiger partial charge on any atom is -0.356 e. The fraction of sp³-hybridized carbons (Fsp3) is 0.880. The highest BCUT2D eigenvalue weighted by atomic mass is 15.2. The lowest BCUT2D eigenvalue weighted by molar-refractivity contribution is 0.530. The van der Waals surface area contributed by atoms with E-state index in [1.54, 1.807) is 0 Å². The average Bonchev–Trinajstić information content (AvgIpc) is 3.13. The van der Waals surface area contributed by atoms with Gasteiger partial charge in [0.25, 0.3) is 0 Å². The fourth-order valence-corrected chi connectivity index (χ4v) is 4.10. The first-order valence-electron chi connectivity index (χ1n) is 12.8. The summed E-state index contributed by atoms with van der Waals surface area (Å²) in [5, 5.41) is 3.49. The van der Waals surface area contributed by atoms with E-state index in [0.29, 0.717) is 0 Å². The van der Waals surface area contributed by atoms with Gasteiger partial charge in [-0.05, 0) is 20.3 Å². The van der Waals surface area contributed by atoms with Crippen molar-refractivity contribution in [3.8, 4) is 0 Å². The number of imidazole rings is 1. The van der Waals surface area contributed by atoms with Crippen LogP contribution in [0.25, 0.3) is 0 Å². The Balaban J connectivity index is 1.86. The number of nitrogens with one attached hydrogen (secondary N) is 1. The summed E-state index contributed by atoms with van der Waals surface area (Å²) >= 11 is 0. The van der Waals surface area contributed by atoms with Crippen LogP contribution in [0.15, 0.2) is 6.20 Å². The third-order valence-corrected chi connectivity index (χ3v) is 5.98. The van der Waals surface area contributed by atoms with Gasteiger partial charge >= 0.3 is 0 Å². The number of aromatic nitrogens is 2. The third kappa shape index (κ3) is 12.3. The topological polar surface area (TPSA) is 55.9 Å². The molecule has 29 heavy (non-hydrogen) atoms. The molecule has 0 aromatic carbocycles. The number of unbranched alkanes of at least 4 members (excludes halogenated alkanes) is 15. The predicted octanol–water partition coefficient (Wildman–Crippen LogP) is 7.60. The molecule has 0 fully saturated rings. The van der Waals surface area contributed by atoms with Crippen LogP contribution in [0, 0.1) is 0 Å². The first-order valence-corrected chi connectivity index (χ1v) is 12.8. The molecular formula is C25H50N4. The lowest BCUT2D eigenvalue weighted by Crippen LogP contribution is -2.14. The SMILES string of the molecule is CCCCCCCCCCCCCCCCCCNc1ncc(C(C)N)n1CC. The quantitative estimate of drug-likeness (QED) is 0.219. The number of rotatable bonds is 20. The summed E-state index contributed by atoms with van der Waals surface area (Å²) in [5.74, 6) is 0.973. The fourth-order valence-electron chi connectivity index (χ4n) is 4.10. The molecule has 3 N–H and O–H groups in total. The second kappa shape index (κ2) is 17.8. The molecule has 0 bridgehead atoms. The number of nitrogens with zero attached hydrogens (tertiary/aromatic N) is 2. The summed E-state index contributed by atoms with van der Waals surface area (Å²) in [6.07, 6.45) is 24.5. The van der Waals surface area contributed by atoms with Crippen molar-refractivity contribution < 1.29 is 0 Å². The molecule has 1 aromatic heterocycles. The molecule has 170 valence electrons. The van der Waals surface area contributed by atoms with Crippen molar-refractivity contribution in [3.63, 3.8) is 0 Å². The highest BCUT2D eigenvalue weighted by molar-refractivity contribution is 5.30. The smallest absolute Gasteiger partial charge is 0.203 e. The summed E-state index contributed by atoms with van der Waals surface area (Å²) in [6, 6.07) is 0.0357. The summed E-state index contributed by atoms with van der Waals surface area (Å²) in [5.41, 5.74) is 7.12. The number of nitrogens with two attached hydrogens (primary N) is 1. The summed E-state index contributed by atoms with van der Waals surface area (Å²) in [7, 11) is 0. The van der Waals surface area contributed by atoms with E-state index >= 15 is 0 Å². The Morgan fingerprint density at radius 1 is 0.793 bits per heavy atom. The van der Waals surface area contributed by atoms with E-state index in [2.05, 4.69) is 28.7 Å². The third-order valence-electron chi connectivity index (χ3n) is 5.98. The largest absolute Gasteiger partial charge is 0.356 e. The van der Waals surface area contributed by atoms with Gasteiger partial charge in [0.1, 0.15) is 0 Å². The Labute approximate surface area is 181 Å². The van der Waals surface area contributed by atoms with Gasteiger partial charge in [0, 0.05) is 19.1 Å². The molecule has 4 nitrogen and oxygen atoms in total. The van der Waals surface area contributed by atoms with E-state index in [9.17, 15) is 0 Å². The first kappa shape index (κ1) is 26.0. The molecule has 0 aliphatic heterocycles. The van der Waals surface area contributed by atoms with Gasteiger partial charge in [0.15, 0.2) is 0 Å². The Bertz CT molecular complexity index is 481. The Morgan fingerprint density at radius 3 is 1.66 bits per heavy atom. The van der Waals surface area contributed by atoms with Crippen LogP contribution in [-0.4, -0.2) is 16.1 Å². The van der Waals surface area contributed by atoms with Crippen LogP contribution in [0.3, 0.4) is 0 Å². The molecule has 0 radical (unpaired) electrons. The molecule has 0 spiro atoms. The second-order valence-electron chi connectivity index (χ2n) is 8.77. The first-order chi connectivity index (χ1) is 14.2. The van der Waals surface area contributed by atoms with E-state index in [1.807, 2.05) is 13.1 Å². The molecular weight excluding hydrogens is 356 g/mol. The molecule has 0 aliphatic carbocycles. The highest BCUT2D eigenvalue weighted by Gasteiger charge is 2.10. The summed E-state index contributed by atoms with van der Waals surface area (Å²) in [4.78, 5) is 4.49. The maximum atomic E-state index is 6.01. The van der Waals surface area contributed by atoms with Gasteiger partial charge in [-0.2, -0.15) is 0 Å². The standard InChI is InChI=1S/C25H50N4/c1-4-6-7-8-9-10-11-12-13-14-15-16-17-18-19-20-21-27-25-28-22-24(23(3)26)29(25)5-2/h22-23H,4-21,26H2,1-3H3,(H,27,28). The Kier molecular flexibility index (Phi) is 16.0. The van der Waals surface area contributed by atoms with E-state index < -0.39 is 0 Å². The minimum absolute atomic E-state index is 0.0357. The zero-order chi connectivity index (χ0) is 21.2. The van der Waals surface area contributed by atoms with Gasteiger partial charge in [-0.1, -0.05) is 103 Å². The zero-order valence-corrected chi connectivity index (χ0v) is 19.9. The summed E-state index contributed by atoms with van der Waals surface area (Å²) < 4.78 is 2.19.